The number of hydrogen-bond acceptors (Lipinski definition) is 5. The van der Waals surface area contributed by atoms with Gasteiger partial charge >= 0.3 is 17.8 Å². The molecule has 7 heteroatoms. The molecule has 6 aliphatic rings. The number of aliphatic hydroxyl groups excluding tert-OH is 1. The molecule has 2 heterocycles. The highest BCUT2D eigenvalue weighted by Crippen LogP contribution is 2.58. The molecule has 0 unspecified atom stereocenters. The molecule has 4 aliphatic carbocycles. The van der Waals surface area contributed by atoms with Gasteiger partial charge in [-0.3, -0.25) is 14.5 Å². The number of carbonyl (C=O) groups excluding carboxylic acids is 3. The van der Waals surface area contributed by atoms with Crippen LogP contribution in [0.25, 0.3) is 0 Å². The Labute approximate surface area is 153 Å². The third-order valence-corrected chi connectivity index (χ3v) is 7.43. The fourth-order valence-electron chi connectivity index (χ4n) is 6.65. The van der Waals surface area contributed by atoms with Crippen molar-refractivity contribution in [2.24, 2.45) is 17.8 Å². The van der Waals surface area contributed by atoms with Crippen LogP contribution in [0.5, 0.6) is 0 Å². The van der Waals surface area contributed by atoms with Gasteiger partial charge in [0.15, 0.2) is 0 Å². The van der Waals surface area contributed by atoms with Gasteiger partial charge in [0.1, 0.15) is 0 Å². The van der Waals surface area contributed by atoms with Gasteiger partial charge in [-0.1, -0.05) is 0 Å². The molecule has 4 amide bonds. The first-order valence-corrected chi connectivity index (χ1v) is 10.1. The van der Waals surface area contributed by atoms with Crippen molar-refractivity contribution in [1.82, 2.24) is 14.7 Å². The zero-order valence-corrected chi connectivity index (χ0v) is 15.1. The maximum Gasteiger partial charge on any atom is 0.335 e. The van der Waals surface area contributed by atoms with Crippen LogP contribution in [0.1, 0.15) is 51.4 Å². The maximum atomic E-state index is 13.1. The number of rotatable bonds is 3. The minimum absolute atomic E-state index is 0.166. The Hall–Kier alpha value is -1.47. The highest BCUT2D eigenvalue weighted by atomic mass is 16.3. The summed E-state index contributed by atoms with van der Waals surface area (Å²) in [5, 5.41) is 9.64. The topological polar surface area (TPSA) is 81.2 Å². The lowest BCUT2D eigenvalue weighted by Crippen LogP contribution is -2.62. The second-order valence-electron chi connectivity index (χ2n) is 9.29. The second kappa shape index (κ2) is 5.76. The first kappa shape index (κ1) is 16.7. The first-order chi connectivity index (χ1) is 12.4. The van der Waals surface area contributed by atoms with Gasteiger partial charge < -0.3 is 5.11 Å². The monoisotopic (exact) mass is 361 g/mol. The molecule has 0 aromatic heterocycles. The lowest BCUT2D eigenvalue weighted by Gasteiger charge is -2.58. The van der Waals surface area contributed by atoms with E-state index >= 15 is 0 Å². The van der Waals surface area contributed by atoms with Crippen molar-refractivity contribution in [2.45, 2.75) is 63.0 Å². The minimum atomic E-state index is -0.670. The third kappa shape index (κ3) is 2.43. The zero-order chi connectivity index (χ0) is 18.1. The molecule has 2 aliphatic heterocycles. The molecule has 0 radical (unpaired) electrons. The molecule has 0 spiro atoms. The van der Waals surface area contributed by atoms with E-state index < -0.39 is 23.4 Å². The smallest absolute Gasteiger partial charge is 0.335 e. The van der Waals surface area contributed by atoms with Crippen molar-refractivity contribution in [3.8, 4) is 0 Å². The molecular formula is C19H27N3O4. The van der Waals surface area contributed by atoms with Crippen LogP contribution in [-0.2, 0) is 9.59 Å². The van der Waals surface area contributed by atoms with Crippen molar-refractivity contribution in [1.29, 1.82) is 0 Å². The predicted octanol–water partition coefficient (Wildman–Crippen LogP) is 1.16. The molecule has 4 saturated carbocycles. The summed E-state index contributed by atoms with van der Waals surface area (Å²) in [6.07, 6.45) is 7.30. The largest absolute Gasteiger partial charge is 0.393 e. The standard InChI is InChI=1S/C19H27N3O4/c23-15-1-3-20(4-2-15)11-21-16(24)17(25)22(18(21)26)19-8-12-5-13(9-19)7-14(6-12)10-19/h12-15,23H,1-11H2. The van der Waals surface area contributed by atoms with Crippen molar-refractivity contribution in [2.75, 3.05) is 19.8 Å². The summed E-state index contributed by atoms with van der Waals surface area (Å²) in [5.41, 5.74) is -0.411. The number of urea groups is 1. The third-order valence-electron chi connectivity index (χ3n) is 7.43. The quantitative estimate of drug-likeness (QED) is 0.603. The molecule has 0 aromatic rings. The van der Waals surface area contributed by atoms with E-state index in [1.54, 1.807) is 0 Å². The Morgan fingerprint density at radius 2 is 1.42 bits per heavy atom. The molecule has 4 bridgehead atoms. The Kier molecular flexibility index (Phi) is 3.70. The van der Waals surface area contributed by atoms with Crippen molar-refractivity contribution in [3.63, 3.8) is 0 Å². The summed E-state index contributed by atoms with van der Waals surface area (Å²) in [6, 6.07) is -0.409. The molecule has 142 valence electrons. The molecular weight excluding hydrogens is 334 g/mol. The Balaban J connectivity index is 1.36. The fraction of sp³-hybridized carbons (Fsp3) is 0.842. The minimum Gasteiger partial charge on any atom is -0.393 e. The Morgan fingerprint density at radius 1 is 0.885 bits per heavy atom. The van der Waals surface area contributed by atoms with Gasteiger partial charge in [0, 0.05) is 13.1 Å². The number of amides is 4. The Bertz CT molecular complexity index is 620. The molecule has 6 rings (SSSR count). The summed E-state index contributed by atoms with van der Waals surface area (Å²) in [5.74, 6) is 0.532. The predicted molar refractivity (Wildman–Crippen MR) is 91.7 cm³/mol. The van der Waals surface area contributed by atoms with Crippen LogP contribution in [0.2, 0.25) is 0 Å². The maximum absolute atomic E-state index is 13.1. The molecule has 0 atom stereocenters. The number of piperidine rings is 1. The van der Waals surface area contributed by atoms with E-state index in [2.05, 4.69) is 0 Å². The summed E-state index contributed by atoms with van der Waals surface area (Å²) >= 11 is 0. The van der Waals surface area contributed by atoms with Gasteiger partial charge in [-0.15, -0.1) is 0 Å². The molecule has 7 nitrogen and oxygen atoms in total. The van der Waals surface area contributed by atoms with E-state index in [9.17, 15) is 19.5 Å². The number of hydrogen-bond donors (Lipinski definition) is 1. The van der Waals surface area contributed by atoms with Gasteiger partial charge in [-0.05, 0) is 69.1 Å². The zero-order valence-electron chi connectivity index (χ0n) is 15.1. The SMILES string of the molecule is O=C1C(=O)N(C23CC4CC(CC(C4)C2)C3)C(=O)N1CN1CCC(O)CC1. The van der Waals surface area contributed by atoms with Crippen LogP contribution in [0, 0.1) is 17.8 Å². The highest BCUT2D eigenvalue weighted by Gasteiger charge is 2.61. The van der Waals surface area contributed by atoms with E-state index in [1.165, 1.54) is 24.2 Å². The summed E-state index contributed by atoms with van der Waals surface area (Å²) in [6.45, 7) is 1.45. The van der Waals surface area contributed by atoms with Crippen molar-refractivity contribution < 1.29 is 19.5 Å². The van der Waals surface area contributed by atoms with Crippen LogP contribution in [-0.4, -0.2) is 69.1 Å². The molecule has 1 N–H and O–H groups in total. The lowest BCUT2D eigenvalue weighted by atomic mass is 9.52. The van der Waals surface area contributed by atoms with Gasteiger partial charge in [0.2, 0.25) is 0 Å². The summed E-state index contributed by atoms with van der Waals surface area (Å²) in [7, 11) is 0. The summed E-state index contributed by atoms with van der Waals surface area (Å²) < 4.78 is 0. The van der Waals surface area contributed by atoms with Crippen molar-refractivity contribution in [3.05, 3.63) is 0 Å². The number of likely N-dealkylation sites (tertiary alicyclic amines) is 1. The number of nitrogens with zero attached hydrogens (tertiary/aromatic N) is 3. The second-order valence-corrected chi connectivity index (χ2v) is 9.29. The van der Waals surface area contributed by atoms with E-state index in [1.807, 2.05) is 4.90 Å². The van der Waals surface area contributed by atoms with Crippen LogP contribution < -0.4 is 0 Å². The lowest BCUT2D eigenvalue weighted by molar-refractivity contribution is -0.150. The summed E-state index contributed by atoms with van der Waals surface area (Å²) in [4.78, 5) is 43.0. The molecule has 0 aromatic carbocycles. The average Bonchev–Trinajstić information content (AvgIpc) is 2.79. The fourth-order valence-corrected chi connectivity index (χ4v) is 6.65. The van der Waals surface area contributed by atoms with Crippen LogP contribution in [0.3, 0.4) is 0 Å². The Morgan fingerprint density at radius 3 is 1.96 bits per heavy atom. The van der Waals surface area contributed by atoms with Crippen molar-refractivity contribution >= 4 is 17.8 Å². The first-order valence-electron chi connectivity index (χ1n) is 10.1. The molecule has 26 heavy (non-hydrogen) atoms. The van der Waals surface area contributed by atoms with Crippen LogP contribution >= 0.6 is 0 Å². The van der Waals surface area contributed by atoms with E-state index in [0.29, 0.717) is 43.7 Å². The van der Waals surface area contributed by atoms with Gasteiger partial charge in [0.25, 0.3) is 0 Å². The normalized spacial score (nSPS) is 41.0. The number of aliphatic hydroxyl groups is 1. The van der Waals surface area contributed by atoms with Crippen LogP contribution in [0.15, 0.2) is 0 Å². The highest BCUT2D eigenvalue weighted by molar-refractivity contribution is 6.44. The molecule has 6 fully saturated rings. The van der Waals surface area contributed by atoms with E-state index in [-0.39, 0.29) is 12.8 Å². The number of imide groups is 2. The molecule has 2 saturated heterocycles. The van der Waals surface area contributed by atoms with E-state index in [4.69, 9.17) is 0 Å². The van der Waals surface area contributed by atoms with Crippen LogP contribution in [0.4, 0.5) is 4.79 Å². The van der Waals surface area contributed by atoms with Gasteiger partial charge in [0.05, 0.1) is 18.3 Å². The number of carbonyl (C=O) groups is 3. The van der Waals surface area contributed by atoms with Gasteiger partial charge in [-0.2, -0.15) is 0 Å². The van der Waals surface area contributed by atoms with Gasteiger partial charge in [-0.25, -0.2) is 14.6 Å². The average molecular weight is 361 g/mol. The van der Waals surface area contributed by atoms with E-state index in [0.717, 1.165) is 24.2 Å².